The molecule has 1 amide bonds. The molecule has 3 aromatic heterocycles. The number of nitrogens with zero attached hydrogens (tertiary/aromatic N) is 4. The van der Waals surface area contributed by atoms with Gasteiger partial charge in [-0.1, -0.05) is 6.42 Å². The minimum atomic E-state index is -0.127. The molecule has 0 aromatic carbocycles. The summed E-state index contributed by atoms with van der Waals surface area (Å²) in [6.07, 6.45) is 8.18. The van der Waals surface area contributed by atoms with Crippen molar-refractivity contribution in [2.45, 2.75) is 58.5 Å². The Morgan fingerprint density at radius 2 is 2.06 bits per heavy atom. The number of rotatable bonds is 7. The van der Waals surface area contributed by atoms with Gasteiger partial charge in [0.2, 0.25) is 0 Å². The average molecular weight is 455 g/mol. The molecule has 0 radical (unpaired) electrons. The third-order valence-corrected chi connectivity index (χ3v) is 7.44. The van der Waals surface area contributed by atoms with Crippen LogP contribution in [-0.2, 0) is 17.7 Å². The Morgan fingerprint density at radius 3 is 2.81 bits per heavy atom. The number of pyridine rings is 1. The monoisotopic (exact) mass is 454 g/mol. The molecule has 32 heavy (non-hydrogen) atoms. The van der Waals surface area contributed by atoms with Crippen molar-refractivity contribution >= 4 is 27.5 Å². The van der Waals surface area contributed by atoms with Crippen LogP contribution in [0.1, 0.15) is 65.3 Å². The number of ether oxygens (including phenoxy) is 1. The highest BCUT2D eigenvalue weighted by molar-refractivity contribution is 7.20. The number of fused-ring (bicyclic) bond motifs is 2. The van der Waals surface area contributed by atoms with Crippen molar-refractivity contribution in [2.75, 3.05) is 20.3 Å². The number of hydrogen-bond donors (Lipinski definition) is 0. The van der Waals surface area contributed by atoms with Crippen LogP contribution in [0.3, 0.4) is 0 Å². The summed E-state index contributed by atoms with van der Waals surface area (Å²) in [4.78, 5) is 39.1. The van der Waals surface area contributed by atoms with E-state index in [0.29, 0.717) is 34.8 Å². The third kappa shape index (κ3) is 4.34. The van der Waals surface area contributed by atoms with E-state index in [1.54, 1.807) is 19.5 Å². The van der Waals surface area contributed by atoms with Gasteiger partial charge in [-0.2, -0.15) is 0 Å². The molecule has 4 heterocycles. The first kappa shape index (κ1) is 22.6. The van der Waals surface area contributed by atoms with E-state index in [4.69, 9.17) is 9.72 Å². The number of aryl methyl sites for hydroxylation is 2. The molecule has 1 aliphatic heterocycles. The number of carbonyl (C=O) groups excluding carboxylic acids is 1. The van der Waals surface area contributed by atoms with Crippen molar-refractivity contribution in [1.29, 1.82) is 0 Å². The zero-order valence-electron chi connectivity index (χ0n) is 19.0. The first-order valence-electron chi connectivity index (χ1n) is 11.3. The number of thiophene rings is 1. The first-order chi connectivity index (χ1) is 15.5. The van der Waals surface area contributed by atoms with Gasteiger partial charge in [0.25, 0.3) is 11.5 Å². The largest absolute Gasteiger partial charge is 0.385 e. The topological polar surface area (TPSA) is 77.3 Å². The van der Waals surface area contributed by atoms with Crippen molar-refractivity contribution in [1.82, 2.24) is 19.4 Å². The molecule has 1 atom stereocenters. The van der Waals surface area contributed by atoms with Crippen LogP contribution < -0.4 is 5.56 Å². The van der Waals surface area contributed by atoms with Crippen LogP contribution in [0.4, 0.5) is 0 Å². The Morgan fingerprint density at radius 1 is 1.28 bits per heavy atom. The number of aromatic nitrogens is 3. The predicted octanol–water partition coefficient (Wildman–Crippen LogP) is 4.13. The van der Waals surface area contributed by atoms with Crippen LogP contribution in [0.5, 0.6) is 0 Å². The van der Waals surface area contributed by atoms with E-state index >= 15 is 0 Å². The molecule has 0 saturated carbocycles. The van der Waals surface area contributed by atoms with Crippen LogP contribution >= 0.6 is 11.3 Å². The van der Waals surface area contributed by atoms with E-state index in [1.165, 1.54) is 11.3 Å². The average Bonchev–Trinajstić information content (AvgIpc) is 2.97. The van der Waals surface area contributed by atoms with Gasteiger partial charge in [0.15, 0.2) is 0 Å². The van der Waals surface area contributed by atoms with Gasteiger partial charge in [0.1, 0.15) is 10.7 Å². The highest BCUT2D eigenvalue weighted by atomic mass is 32.1. The fraction of sp³-hybridized carbons (Fsp3) is 0.500. The van der Waals surface area contributed by atoms with Gasteiger partial charge in [0.05, 0.1) is 16.3 Å². The lowest BCUT2D eigenvalue weighted by Gasteiger charge is -2.29. The summed E-state index contributed by atoms with van der Waals surface area (Å²) >= 11 is 1.35. The third-order valence-electron chi connectivity index (χ3n) is 6.27. The second kappa shape index (κ2) is 9.92. The number of methoxy groups -OCH3 is 1. The van der Waals surface area contributed by atoms with Crippen molar-refractivity contribution in [3.8, 4) is 0 Å². The van der Waals surface area contributed by atoms with Crippen molar-refractivity contribution in [2.24, 2.45) is 0 Å². The maximum Gasteiger partial charge on any atom is 0.264 e. The summed E-state index contributed by atoms with van der Waals surface area (Å²) in [7, 11) is 1.66. The maximum absolute atomic E-state index is 13.8. The van der Waals surface area contributed by atoms with Gasteiger partial charge < -0.3 is 9.64 Å². The van der Waals surface area contributed by atoms with Gasteiger partial charge >= 0.3 is 0 Å². The highest BCUT2D eigenvalue weighted by Crippen LogP contribution is 2.32. The van der Waals surface area contributed by atoms with Crippen LogP contribution in [0, 0.1) is 6.92 Å². The number of hydrogen-bond acceptors (Lipinski definition) is 6. The lowest BCUT2D eigenvalue weighted by Crippen LogP contribution is -2.35. The lowest BCUT2D eigenvalue weighted by atomic mass is 10.1. The molecular formula is C24H30N4O3S. The smallest absolute Gasteiger partial charge is 0.264 e. The minimum absolute atomic E-state index is 0.00665. The van der Waals surface area contributed by atoms with Crippen molar-refractivity contribution < 1.29 is 9.53 Å². The second-order valence-electron chi connectivity index (χ2n) is 8.33. The molecule has 0 aliphatic carbocycles. The van der Waals surface area contributed by atoms with E-state index in [2.05, 4.69) is 4.98 Å². The van der Waals surface area contributed by atoms with E-state index in [9.17, 15) is 9.59 Å². The van der Waals surface area contributed by atoms with E-state index in [-0.39, 0.29) is 17.5 Å². The van der Waals surface area contributed by atoms with Gasteiger partial charge in [-0.15, -0.1) is 11.3 Å². The maximum atomic E-state index is 13.8. The fourth-order valence-corrected chi connectivity index (χ4v) is 5.56. The van der Waals surface area contributed by atoms with Crippen molar-refractivity contribution in [3.63, 3.8) is 0 Å². The molecule has 7 nitrogen and oxygen atoms in total. The molecule has 4 rings (SSSR count). The molecule has 0 fully saturated rings. The molecule has 0 spiro atoms. The Bertz CT molecular complexity index is 1160. The van der Waals surface area contributed by atoms with Crippen LogP contribution in [0.2, 0.25) is 0 Å². The van der Waals surface area contributed by atoms with Crippen LogP contribution in [0.25, 0.3) is 10.2 Å². The molecule has 0 N–H and O–H groups in total. The zero-order chi connectivity index (χ0) is 22.7. The Kier molecular flexibility index (Phi) is 7.01. The van der Waals surface area contributed by atoms with Crippen LogP contribution in [-0.4, -0.2) is 45.6 Å². The molecule has 0 bridgehead atoms. The molecular weight excluding hydrogens is 424 g/mol. The van der Waals surface area contributed by atoms with Crippen molar-refractivity contribution in [3.05, 3.63) is 56.7 Å². The second-order valence-corrected chi connectivity index (χ2v) is 9.33. The summed E-state index contributed by atoms with van der Waals surface area (Å²) in [6, 6.07) is 3.74. The van der Waals surface area contributed by atoms with E-state index < -0.39 is 0 Å². The fourth-order valence-electron chi connectivity index (χ4n) is 4.42. The Labute approximate surface area is 192 Å². The predicted molar refractivity (Wildman–Crippen MR) is 126 cm³/mol. The van der Waals surface area contributed by atoms with Gasteiger partial charge in [-0.3, -0.25) is 19.1 Å². The quantitative estimate of drug-likeness (QED) is 0.502. The lowest BCUT2D eigenvalue weighted by molar-refractivity contribution is 0.0672. The molecule has 170 valence electrons. The normalized spacial score (nSPS) is 14.7. The molecule has 3 aromatic rings. The summed E-state index contributed by atoms with van der Waals surface area (Å²) < 4.78 is 7.04. The standard InChI is InChI=1S/C24H30N4O3S/c1-16-20-22(26-19-8-5-4-6-13-28(19)23(20)29)32-21(16)24(30)27(14-7-15-31-3)17(2)18-9-11-25-12-10-18/h9-12,17H,4-8,13-15H2,1-3H3. The van der Waals surface area contributed by atoms with Gasteiger partial charge in [-0.25, -0.2) is 4.98 Å². The number of carbonyl (C=O) groups is 1. The van der Waals surface area contributed by atoms with Gasteiger partial charge in [-0.05, 0) is 56.4 Å². The summed E-state index contributed by atoms with van der Waals surface area (Å²) in [5.41, 5.74) is 1.76. The Hall–Kier alpha value is -2.58. The SMILES string of the molecule is COCCCN(C(=O)c1sc2nc3n(c(=O)c2c1C)CCCCC3)C(C)c1ccncc1. The summed E-state index contributed by atoms with van der Waals surface area (Å²) in [5.74, 6) is 0.785. The van der Waals surface area contributed by atoms with Crippen LogP contribution in [0.15, 0.2) is 29.3 Å². The first-order valence-corrected chi connectivity index (χ1v) is 12.1. The molecule has 0 saturated heterocycles. The molecule has 8 heteroatoms. The molecule has 1 aliphatic rings. The van der Waals surface area contributed by atoms with E-state index in [1.807, 2.05) is 35.4 Å². The number of amides is 1. The zero-order valence-corrected chi connectivity index (χ0v) is 19.8. The van der Waals surface area contributed by atoms with Gasteiger partial charge in [0, 0.05) is 45.6 Å². The van der Waals surface area contributed by atoms with E-state index in [0.717, 1.165) is 49.1 Å². The Balaban J connectivity index is 1.74. The molecule has 1 unspecified atom stereocenters. The summed E-state index contributed by atoms with van der Waals surface area (Å²) in [5, 5.41) is 0.595. The minimum Gasteiger partial charge on any atom is -0.385 e. The summed E-state index contributed by atoms with van der Waals surface area (Å²) in [6.45, 7) is 5.75. The highest BCUT2D eigenvalue weighted by Gasteiger charge is 2.28.